The van der Waals surface area contributed by atoms with Crippen LogP contribution in [0.4, 0.5) is 0 Å². The van der Waals surface area contributed by atoms with Crippen molar-refractivity contribution >= 4 is 5.91 Å². The van der Waals surface area contributed by atoms with Gasteiger partial charge in [0.2, 0.25) is 5.91 Å². The lowest BCUT2D eigenvalue weighted by Gasteiger charge is -2.40. The zero-order chi connectivity index (χ0) is 17.9. The quantitative estimate of drug-likeness (QED) is 0.895. The molecule has 1 aromatic carbocycles. The lowest BCUT2D eigenvalue weighted by Crippen LogP contribution is -2.53. The molecule has 1 aromatic rings. The molecule has 3 heterocycles. The van der Waals surface area contributed by atoms with Gasteiger partial charge in [-0.1, -0.05) is 31.2 Å². The van der Waals surface area contributed by atoms with Crippen LogP contribution in [0.15, 0.2) is 24.3 Å². The van der Waals surface area contributed by atoms with E-state index in [1.165, 1.54) is 11.1 Å². The highest BCUT2D eigenvalue weighted by Gasteiger charge is 2.42. The van der Waals surface area contributed by atoms with Crippen LogP contribution in [0.3, 0.4) is 0 Å². The minimum atomic E-state index is 0.0378. The number of nitrogens with zero attached hydrogens (tertiary/aromatic N) is 2. The lowest BCUT2D eigenvalue weighted by atomic mass is 9.98. The Kier molecular flexibility index (Phi) is 5.57. The zero-order valence-electron chi connectivity index (χ0n) is 15.8. The van der Waals surface area contributed by atoms with Gasteiger partial charge in [0.05, 0.1) is 6.04 Å². The number of piperazine rings is 1. The van der Waals surface area contributed by atoms with Crippen LogP contribution in [-0.2, 0) is 16.0 Å². The molecule has 5 nitrogen and oxygen atoms in total. The second-order valence-corrected chi connectivity index (χ2v) is 7.73. The highest BCUT2D eigenvalue weighted by molar-refractivity contribution is 5.84. The van der Waals surface area contributed by atoms with Crippen LogP contribution in [0.1, 0.15) is 43.4 Å². The summed E-state index contributed by atoms with van der Waals surface area (Å²) in [5, 5.41) is 3.52. The van der Waals surface area contributed by atoms with Crippen molar-refractivity contribution < 1.29 is 9.53 Å². The number of amides is 1. The van der Waals surface area contributed by atoms with Crippen molar-refractivity contribution in [2.24, 2.45) is 0 Å². The molecule has 0 aromatic heterocycles. The Labute approximate surface area is 156 Å². The molecule has 3 saturated heterocycles. The monoisotopic (exact) mass is 357 g/mol. The highest BCUT2D eigenvalue weighted by Crippen LogP contribution is 2.31. The number of benzene rings is 1. The second-order valence-electron chi connectivity index (χ2n) is 7.73. The van der Waals surface area contributed by atoms with Crippen LogP contribution >= 0.6 is 0 Å². The Balaban J connectivity index is 1.49. The summed E-state index contributed by atoms with van der Waals surface area (Å²) >= 11 is 0. The number of carbonyl (C=O) groups is 1. The molecule has 0 radical (unpaired) electrons. The summed E-state index contributed by atoms with van der Waals surface area (Å²) in [6.45, 7) is 7.50. The third-order valence-electron chi connectivity index (χ3n) is 6.30. The number of likely N-dealkylation sites (tertiary alicyclic amines) is 1. The molecule has 2 unspecified atom stereocenters. The van der Waals surface area contributed by atoms with Crippen LogP contribution in [0, 0.1) is 0 Å². The molecule has 0 aliphatic carbocycles. The van der Waals surface area contributed by atoms with Gasteiger partial charge in [-0.2, -0.15) is 0 Å². The number of hydrogen-bond donors (Lipinski definition) is 1. The number of ether oxygens (including phenoxy) is 1. The lowest BCUT2D eigenvalue weighted by molar-refractivity contribution is -0.136. The van der Waals surface area contributed by atoms with Crippen molar-refractivity contribution in [2.75, 3.05) is 39.4 Å². The molecule has 1 amide bonds. The van der Waals surface area contributed by atoms with Crippen molar-refractivity contribution in [2.45, 2.75) is 50.7 Å². The van der Waals surface area contributed by atoms with Crippen LogP contribution in [0.5, 0.6) is 0 Å². The molecule has 5 heteroatoms. The van der Waals surface area contributed by atoms with Gasteiger partial charge < -0.3 is 15.0 Å². The topological polar surface area (TPSA) is 44.8 Å². The molecule has 0 bridgehead atoms. The normalized spacial score (nSPS) is 28.7. The minimum Gasteiger partial charge on any atom is -0.381 e. The number of hydrogen-bond acceptors (Lipinski definition) is 4. The van der Waals surface area contributed by atoms with Gasteiger partial charge in [-0.15, -0.1) is 0 Å². The molecule has 0 spiro atoms. The van der Waals surface area contributed by atoms with Gasteiger partial charge >= 0.3 is 0 Å². The molecule has 3 aliphatic rings. The molecular weight excluding hydrogens is 326 g/mol. The van der Waals surface area contributed by atoms with Crippen LogP contribution in [-0.4, -0.2) is 67.2 Å². The average molecular weight is 357 g/mol. The summed E-state index contributed by atoms with van der Waals surface area (Å²) in [5.41, 5.74) is 2.69. The predicted molar refractivity (Wildman–Crippen MR) is 102 cm³/mol. The maximum absolute atomic E-state index is 13.2. The zero-order valence-corrected chi connectivity index (χ0v) is 15.8. The van der Waals surface area contributed by atoms with E-state index >= 15 is 0 Å². The first-order valence-corrected chi connectivity index (χ1v) is 10.2. The Morgan fingerprint density at radius 1 is 1.08 bits per heavy atom. The fourth-order valence-corrected chi connectivity index (χ4v) is 4.73. The van der Waals surface area contributed by atoms with Crippen molar-refractivity contribution in [3.8, 4) is 0 Å². The number of aryl methyl sites for hydroxylation is 1. The van der Waals surface area contributed by atoms with Gasteiger partial charge in [0, 0.05) is 51.5 Å². The molecular formula is C21H31N3O2. The Bertz CT molecular complexity index is 612. The van der Waals surface area contributed by atoms with Crippen LogP contribution in [0.2, 0.25) is 0 Å². The number of carbonyl (C=O) groups excluding carboxylic acids is 1. The summed E-state index contributed by atoms with van der Waals surface area (Å²) < 4.78 is 5.47. The summed E-state index contributed by atoms with van der Waals surface area (Å²) in [4.78, 5) is 17.8. The van der Waals surface area contributed by atoms with E-state index < -0.39 is 0 Å². The van der Waals surface area contributed by atoms with E-state index in [-0.39, 0.29) is 6.04 Å². The number of nitrogens with one attached hydrogen (secondary N) is 1. The first-order chi connectivity index (χ1) is 12.8. The van der Waals surface area contributed by atoms with E-state index in [0.717, 1.165) is 65.1 Å². The second kappa shape index (κ2) is 8.07. The van der Waals surface area contributed by atoms with Gasteiger partial charge in [0.25, 0.3) is 0 Å². The van der Waals surface area contributed by atoms with Gasteiger partial charge in [0.15, 0.2) is 0 Å². The van der Waals surface area contributed by atoms with Crippen molar-refractivity contribution in [3.05, 3.63) is 35.4 Å². The van der Waals surface area contributed by atoms with Crippen LogP contribution in [0.25, 0.3) is 0 Å². The summed E-state index contributed by atoms with van der Waals surface area (Å²) in [6, 6.07) is 9.67. The highest BCUT2D eigenvalue weighted by atomic mass is 16.5. The van der Waals surface area contributed by atoms with Crippen molar-refractivity contribution in [1.29, 1.82) is 0 Å². The van der Waals surface area contributed by atoms with Gasteiger partial charge in [-0.05, 0) is 36.8 Å². The number of rotatable bonds is 4. The molecule has 2 atom stereocenters. The van der Waals surface area contributed by atoms with Crippen molar-refractivity contribution in [3.63, 3.8) is 0 Å². The largest absolute Gasteiger partial charge is 0.381 e. The smallest absolute Gasteiger partial charge is 0.240 e. The first-order valence-electron chi connectivity index (χ1n) is 10.2. The van der Waals surface area contributed by atoms with Gasteiger partial charge in [-0.25, -0.2) is 0 Å². The molecule has 26 heavy (non-hydrogen) atoms. The maximum atomic E-state index is 13.2. The first kappa shape index (κ1) is 18.0. The Morgan fingerprint density at radius 2 is 1.85 bits per heavy atom. The summed E-state index contributed by atoms with van der Waals surface area (Å²) in [7, 11) is 0. The Morgan fingerprint density at radius 3 is 2.58 bits per heavy atom. The fraction of sp³-hybridized carbons (Fsp3) is 0.667. The van der Waals surface area contributed by atoms with Gasteiger partial charge in [0.1, 0.15) is 0 Å². The van der Waals surface area contributed by atoms with Gasteiger partial charge in [-0.3, -0.25) is 9.69 Å². The Hall–Kier alpha value is -1.43. The summed E-state index contributed by atoms with van der Waals surface area (Å²) in [5.74, 6) is 0.342. The molecule has 0 saturated carbocycles. The average Bonchev–Trinajstić information content (AvgIpc) is 3.10. The fourth-order valence-electron chi connectivity index (χ4n) is 4.73. The standard InChI is InChI=1S/C21H31N3O2/c1-2-16-3-5-17(6-4-16)20-15-22-10-12-24(20)19-7-11-23(21(19)25)18-8-13-26-14-9-18/h3-6,18-20,22H,2,7-15H2,1H3. The third-order valence-corrected chi connectivity index (χ3v) is 6.30. The maximum Gasteiger partial charge on any atom is 0.240 e. The molecule has 3 fully saturated rings. The van der Waals surface area contributed by atoms with E-state index in [1.807, 2.05) is 0 Å². The van der Waals surface area contributed by atoms with Crippen molar-refractivity contribution in [1.82, 2.24) is 15.1 Å². The van der Waals surface area contributed by atoms with E-state index in [1.54, 1.807) is 0 Å². The molecule has 4 rings (SSSR count). The van der Waals surface area contributed by atoms with E-state index in [0.29, 0.717) is 18.0 Å². The molecule has 3 aliphatic heterocycles. The van der Waals surface area contributed by atoms with E-state index in [9.17, 15) is 4.79 Å². The predicted octanol–water partition coefficient (Wildman–Crippen LogP) is 1.98. The SMILES string of the molecule is CCc1ccc(C2CNCCN2C2CCN(C3CCOCC3)C2=O)cc1. The van der Waals surface area contributed by atoms with Crippen LogP contribution < -0.4 is 5.32 Å². The molecule has 1 N–H and O–H groups in total. The minimum absolute atomic E-state index is 0.0378. The summed E-state index contributed by atoms with van der Waals surface area (Å²) in [6.07, 6.45) is 4.00. The molecule has 142 valence electrons. The van der Waals surface area contributed by atoms with E-state index in [4.69, 9.17) is 4.74 Å². The van der Waals surface area contributed by atoms with E-state index in [2.05, 4.69) is 46.3 Å². The third kappa shape index (κ3) is 3.53.